The van der Waals surface area contributed by atoms with Crippen molar-refractivity contribution in [1.29, 1.82) is 0 Å². The molecule has 4 N–H and O–H groups in total. The highest BCUT2D eigenvalue weighted by Crippen LogP contribution is 2.31. The first-order chi connectivity index (χ1) is 7.74. The average Bonchev–Trinajstić information content (AvgIpc) is 2.33. The number of hydrogen-bond donors (Lipinski definition) is 2. The van der Waals surface area contributed by atoms with Crippen molar-refractivity contribution in [2.75, 3.05) is 11.5 Å². The number of anilines is 2. The summed E-state index contributed by atoms with van der Waals surface area (Å²) < 4.78 is 0. The molecule has 80 valence electrons. The van der Waals surface area contributed by atoms with Crippen LogP contribution in [0.3, 0.4) is 0 Å². The van der Waals surface area contributed by atoms with E-state index >= 15 is 0 Å². The lowest BCUT2D eigenvalue weighted by Gasteiger charge is -2.09. The summed E-state index contributed by atoms with van der Waals surface area (Å²) >= 11 is 0. The van der Waals surface area contributed by atoms with Crippen LogP contribution in [0, 0.1) is 0 Å². The number of nitrogens with two attached hydrogens (primary N) is 2. The highest BCUT2D eigenvalue weighted by atomic mass is 16.1. The Morgan fingerprint density at radius 1 is 0.875 bits per heavy atom. The number of hydrogen-bond acceptors (Lipinski definition) is 3. The van der Waals surface area contributed by atoms with E-state index in [9.17, 15) is 4.79 Å². The first-order valence-corrected chi connectivity index (χ1v) is 4.92. The van der Waals surface area contributed by atoms with Crippen molar-refractivity contribution in [3.8, 4) is 11.1 Å². The Balaban J connectivity index is 2.67. The summed E-state index contributed by atoms with van der Waals surface area (Å²) in [6.45, 7) is 0. The highest BCUT2D eigenvalue weighted by Gasteiger charge is 2.08. The number of aldehydes is 1. The van der Waals surface area contributed by atoms with E-state index < -0.39 is 0 Å². The minimum Gasteiger partial charge on any atom is -0.397 e. The highest BCUT2D eigenvalue weighted by molar-refractivity contribution is 5.93. The maximum atomic E-state index is 10.9. The molecule has 0 spiro atoms. The Morgan fingerprint density at radius 2 is 1.56 bits per heavy atom. The molecular formula is C13H12N2O. The van der Waals surface area contributed by atoms with Gasteiger partial charge in [-0.15, -0.1) is 0 Å². The van der Waals surface area contributed by atoms with Crippen LogP contribution in [-0.4, -0.2) is 6.29 Å². The lowest BCUT2D eigenvalue weighted by molar-refractivity contribution is 0.112. The van der Waals surface area contributed by atoms with Gasteiger partial charge in [0.05, 0.1) is 11.4 Å². The third-order valence-corrected chi connectivity index (χ3v) is 2.52. The predicted octanol–water partition coefficient (Wildman–Crippen LogP) is 2.33. The van der Waals surface area contributed by atoms with Crippen molar-refractivity contribution in [3.63, 3.8) is 0 Å². The maximum Gasteiger partial charge on any atom is 0.150 e. The smallest absolute Gasteiger partial charge is 0.150 e. The molecule has 2 aromatic rings. The Morgan fingerprint density at radius 3 is 2.31 bits per heavy atom. The van der Waals surface area contributed by atoms with Gasteiger partial charge in [0.2, 0.25) is 0 Å². The molecule has 0 radical (unpaired) electrons. The molecule has 0 aromatic heterocycles. The quantitative estimate of drug-likeness (QED) is 0.593. The fourth-order valence-electron chi connectivity index (χ4n) is 1.66. The van der Waals surface area contributed by atoms with E-state index in [1.807, 2.05) is 30.3 Å². The van der Waals surface area contributed by atoms with Gasteiger partial charge in [0.25, 0.3) is 0 Å². The zero-order valence-electron chi connectivity index (χ0n) is 8.68. The molecule has 3 heteroatoms. The van der Waals surface area contributed by atoms with Gasteiger partial charge >= 0.3 is 0 Å². The van der Waals surface area contributed by atoms with E-state index in [-0.39, 0.29) is 0 Å². The number of carbonyl (C=O) groups excluding carboxylic acids is 1. The van der Waals surface area contributed by atoms with Gasteiger partial charge in [-0.3, -0.25) is 4.79 Å². The van der Waals surface area contributed by atoms with Gasteiger partial charge in [0.15, 0.2) is 6.29 Å². The Labute approximate surface area is 93.7 Å². The fraction of sp³-hybridized carbons (Fsp3) is 0. The number of rotatable bonds is 2. The summed E-state index contributed by atoms with van der Waals surface area (Å²) in [5, 5.41) is 0. The van der Waals surface area contributed by atoms with Gasteiger partial charge in [-0.2, -0.15) is 0 Å². The first-order valence-electron chi connectivity index (χ1n) is 4.92. The van der Waals surface area contributed by atoms with E-state index in [0.29, 0.717) is 16.9 Å². The number of para-hydroxylation sites is 1. The average molecular weight is 212 g/mol. The topological polar surface area (TPSA) is 69.1 Å². The van der Waals surface area contributed by atoms with E-state index in [1.165, 1.54) is 0 Å². The molecule has 0 aliphatic rings. The second-order valence-electron chi connectivity index (χ2n) is 3.51. The van der Waals surface area contributed by atoms with Gasteiger partial charge < -0.3 is 11.5 Å². The molecule has 0 aliphatic carbocycles. The zero-order chi connectivity index (χ0) is 11.5. The van der Waals surface area contributed by atoms with Gasteiger partial charge in [-0.25, -0.2) is 0 Å². The van der Waals surface area contributed by atoms with E-state index in [1.54, 1.807) is 12.1 Å². The van der Waals surface area contributed by atoms with Crippen LogP contribution in [0.2, 0.25) is 0 Å². The van der Waals surface area contributed by atoms with Crippen LogP contribution in [0.1, 0.15) is 10.4 Å². The molecule has 0 heterocycles. The largest absolute Gasteiger partial charge is 0.397 e. The molecule has 16 heavy (non-hydrogen) atoms. The van der Waals surface area contributed by atoms with Crippen molar-refractivity contribution in [2.24, 2.45) is 0 Å². The monoisotopic (exact) mass is 212 g/mol. The molecule has 0 amide bonds. The van der Waals surface area contributed by atoms with Crippen molar-refractivity contribution in [1.82, 2.24) is 0 Å². The van der Waals surface area contributed by atoms with Gasteiger partial charge in [-0.05, 0) is 11.6 Å². The molecule has 0 bridgehead atoms. The molecule has 0 saturated heterocycles. The summed E-state index contributed by atoms with van der Waals surface area (Å²) in [6, 6.07) is 12.7. The van der Waals surface area contributed by atoms with E-state index in [2.05, 4.69) is 0 Å². The lowest BCUT2D eigenvalue weighted by atomic mass is 9.98. The molecule has 2 rings (SSSR count). The van der Waals surface area contributed by atoms with Crippen LogP contribution >= 0.6 is 0 Å². The maximum absolute atomic E-state index is 10.9. The van der Waals surface area contributed by atoms with Crippen LogP contribution < -0.4 is 11.5 Å². The van der Waals surface area contributed by atoms with Crippen LogP contribution in [0.15, 0.2) is 42.5 Å². The van der Waals surface area contributed by atoms with E-state index in [4.69, 9.17) is 11.5 Å². The molecule has 0 atom stereocenters. The normalized spacial score (nSPS) is 10.0. The van der Waals surface area contributed by atoms with Gasteiger partial charge in [0, 0.05) is 11.1 Å². The Bertz CT molecular complexity index is 535. The molecule has 0 fully saturated rings. The van der Waals surface area contributed by atoms with Gasteiger partial charge in [-0.1, -0.05) is 36.4 Å². The molecule has 3 nitrogen and oxygen atoms in total. The number of carbonyl (C=O) groups is 1. The standard InChI is InChI=1S/C13H12N2O/c14-12-7-3-6-11(13(12)15)10-5-2-1-4-9(10)8-16/h1-8H,14-15H2. The third-order valence-electron chi connectivity index (χ3n) is 2.52. The molecule has 0 aliphatic heterocycles. The summed E-state index contributed by atoms with van der Waals surface area (Å²) in [7, 11) is 0. The number of nitrogen functional groups attached to an aromatic ring is 2. The van der Waals surface area contributed by atoms with E-state index in [0.717, 1.165) is 17.4 Å². The van der Waals surface area contributed by atoms with Crippen LogP contribution in [-0.2, 0) is 0 Å². The second kappa shape index (κ2) is 4.06. The van der Waals surface area contributed by atoms with Crippen LogP contribution in [0.25, 0.3) is 11.1 Å². The van der Waals surface area contributed by atoms with Gasteiger partial charge in [0.1, 0.15) is 0 Å². The Hall–Kier alpha value is -2.29. The Kier molecular flexibility index (Phi) is 2.60. The minimum atomic E-state index is 0.511. The first kappa shape index (κ1) is 10.2. The lowest BCUT2D eigenvalue weighted by Crippen LogP contribution is -1.98. The summed E-state index contributed by atoms with van der Waals surface area (Å²) in [6.07, 6.45) is 0.817. The van der Waals surface area contributed by atoms with Crippen molar-refractivity contribution in [2.45, 2.75) is 0 Å². The molecule has 0 saturated carbocycles. The molecular weight excluding hydrogens is 200 g/mol. The molecule has 0 unspecified atom stereocenters. The fourth-order valence-corrected chi connectivity index (χ4v) is 1.66. The van der Waals surface area contributed by atoms with Crippen molar-refractivity contribution in [3.05, 3.63) is 48.0 Å². The summed E-state index contributed by atoms with van der Waals surface area (Å²) in [4.78, 5) is 10.9. The number of benzene rings is 2. The van der Waals surface area contributed by atoms with Crippen molar-refractivity contribution >= 4 is 17.7 Å². The molecule has 2 aromatic carbocycles. The van der Waals surface area contributed by atoms with Crippen LogP contribution in [0.4, 0.5) is 11.4 Å². The minimum absolute atomic E-state index is 0.511. The third kappa shape index (κ3) is 1.63. The summed E-state index contributed by atoms with van der Waals surface area (Å²) in [5.74, 6) is 0. The summed E-state index contributed by atoms with van der Waals surface area (Å²) in [5.41, 5.74) is 14.9. The van der Waals surface area contributed by atoms with Crippen molar-refractivity contribution < 1.29 is 4.79 Å². The second-order valence-corrected chi connectivity index (χ2v) is 3.51. The van der Waals surface area contributed by atoms with Crippen LogP contribution in [0.5, 0.6) is 0 Å². The zero-order valence-corrected chi connectivity index (χ0v) is 8.68. The predicted molar refractivity (Wildman–Crippen MR) is 66.1 cm³/mol. The SMILES string of the molecule is Nc1cccc(-c2ccccc2C=O)c1N.